The Morgan fingerprint density at radius 3 is 0.176 bits per heavy atom. The van der Waals surface area contributed by atoms with Gasteiger partial charge in [0, 0.05) is 63.2 Å². The molecule has 0 aromatic heterocycles. The van der Waals surface area contributed by atoms with Gasteiger partial charge in [-0.3, -0.25) is 0 Å². The van der Waals surface area contributed by atoms with Crippen LogP contribution in [0, 0.1) is 73.7 Å². The molecule has 17 heteroatoms. The summed E-state index contributed by atoms with van der Waals surface area (Å²) >= 11 is 0. The molecule has 0 aromatic carbocycles. The Morgan fingerprint density at radius 2 is 0.176 bits per heavy atom. The fourth-order valence-corrected chi connectivity index (χ4v) is 0. The van der Waals surface area contributed by atoms with Crippen molar-refractivity contribution in [3.8, 4) is 0 Å². The molecular weight excluding hydrogens is 1080 g/mol. The maximum absolute atomic E-state index is 0. The predicted molar refractivity (Wildman–Crippen MR) is 8.24 cm³/mol. The Balaban J connectivity index is 0. The normalized spacial score (nSPS) is 0. The third kappa shape index (κ3) is 398. The summed E-state index contributed by atoms with van der Waals surface area (Å²) in [7, 11) is 0. The quantitative estimate of drug-likeness (QED) is 0.269. The van der Waals surface area contributed by atoms with Crippen LogP contribution in [0.25, 0.3) is 0 Å². The van der Waals surface area contributed by atoms with E-state index in [4.69, 9.17) is 0 Å². The molecule has 0 heterocycles. The van der Waals surface area contributed by atoms with E-state index in [9.17, 15) is 0 Å². The van der Waals surface area contributed by atoms with Crippen molar-refractivity contribution in [2.24, 2.45) is 0 Å². The number of hydrogen-bond acceptors (Lipinski definition) is 0. The van der Waals surface area contributed by atoms with E-state index in [0.717, 1.165) is 0 Å². The van der Waals surface area contributed by atoms with Crippen molar-refractivity contribution in [3.05, 3.63) is 0 Å². The molecule has 0 spiro atoms. The first-order chi connectivity index (χ1) is 0. The molecule has 0 bridgehead atoms. The van der Waals surface area contributed by atoms with Crippen LogP contribution in [0.5, 0.6) is 0 Å². The number of rotatable bonds is 0. The zero-order chi connectivity index (χ0) is 0. The van der Waals surface area contributed by atoms with Crippen LogP contribution in [0.3, 0.4) is 0 Å². The molecule has 0 unspecified atom stereocenters. The topological polar surface area (TPSA) is 342 Å². The molecule has 0 aliphatic carbocycles. The molecule has 0 aromatic rings. The summed E-state index contributed by atoms with van der Waals surface area (Å²) in [4.78, 5) is 0. The second kappa shape index (κ2) is 443. The summed E-state index contributed by atoms with van der Waals surface area (Å²) in [5.41, 5.74) is 0. The van der Waals surface area contributed by atoms with E-state index in [1.807, 2.05) is 0 Å². The smallest absolute Gasteiger partial charge is 2.00 e. The van der Waals surface area contributed by atoms with Crippen molar-refractivity contribution in [1.82, 2.24) is 0 Å². The van der Waals surface area contributed by atoms with Gasteiger partial charge in [0.05, 0.1) is 0 Å². The van der Waals surface area contributed by atoms with Crippen molar-refractivity contribution in [1.29, 1.82) is 0 Å². The molecule has 0 aliphatic heterocycles. The van der Waals surface area contributed by atoms with Gasteiger partial charge in [-0.2, -0.15) is 0 Å². The summed E-state index contributed by atoms with van der Waals surface area (Å²) in [5.74, 6) is 0. The Labute approximate surface area is 199 Å². The molecule has 0 amide bonds. The van der Waals surface area contributed by atoms with Crippen LogP contribution < -0.4 is 0 Å². The van der Waals surface area contributed by atoms with E-state index >= 15 is 0 Å². The maximum atomic E-state index is 0. The zero-order valence-electron chi connectivity index (χ0n) is 6.68. The largest absolute Gasteiger partial charge is 3.00 e. The van der Waals surface area contributed by atoms with E-state index in [1.54, 1.807) is 0 Å². The van der Waals surface area contributed by atoms with Crippen LogP contribution in [0.1, 0.15) is 0 Å². The van der Waals surface area contributed by atoms with E-state index in [-0.39, 0.29) is 203 Å². The molecular formula is O12Tm2W3-18. The maximum Gasteiger partial charge on any atom is 3.00 e. The Kier molecular flexibility index (Phi) is 13400. The van der Waals surface area contributed by atoms with Crippen LogP contribution >= 0.6 is 0 Å². The van der Waals surface area contributed by atoms with Crippen molar-refractivity contribution in [2.45, 2.75) is 0 Å². The molecule has 0 fully saturated rings. The molecule has 0 saturated carbocycles. The first-order valence-corrected chi connectivity index (χ1v) is 0. The third-order valence-corrected chi connectivity index (χ3v) is 0. The second-order valence-electron chi connectivity index (χ2n) is 0. The van der Waals surface area contributed by atoms with Crippen LogP contribution in [-0.2, 0) is 129 Å². The third-order valence-electron chi connectivity index (χ3n) is 0. The van der Waals surface area contributed by atoms with Crippen LogP contribution in [0.2, 0.25) is 0 Å². The minimum atomic E-state index is 0. The van der Waals surface area contributed by atoms with Gasteiger partial charge in [0.15, 0.2) is 0 Å². The van der Waals surface area contributed by atoms with Gasteiger partial charge in [-0.05, 0) is 0 Å². The fraction of sp³-hybridized carbons (Fsp3) is 0. The summed E-state index contributed by atoms with van der Waals surface area (Å²) in [6.45, 7) is 0. The minimum absolute atomic E-state index is 0. The average Bonchev–Trinajstić information content (AvgIpc) is 0. The van der Waals surface area contributed by atoms with Gasteiger partial charge in [-0.25, -0.2) is 0 Å². The predicted octanol–water partition coefficient (Wildman–Crippen LogP) is -1.43. The molecule has 0 aliphatic rings. The molecule has 0 saturated heterocycles. The van der Waals surface area contributed by atoms with Crippen LogP contribution in [0.4, 0.5) is 0 Å². The standard InChI is InChI=1S/12O.2Tm.3W/q12*-2;2*+3;;;. The summed E-state index contributed by atoms with van der Waals surface area (Å²) in [6, 6.07) is 0. The van der Waals surface area contributed by atoms with E-state index < -0.39 is 0 Å². The summed E-state index contributed by atoms with van der Waals surface area (Å²) in [6.07, 6.45) is 0. The Bertz CT molecular complexity index is 19.7. The van der Waals surface area contributed by atoms with Gasteiger partial charge in [-0.15, -0.1) is 0 Å². The first-order valence-electron chi connectivity index (χ1n) is 0. The van der Waals surface area contributed by atoms with Crippen molar-refractivity contribution < 1.29 is 203 Å². The van der Waals surface area contributed by atoms with Gasteiger partial charge in [-0.1, -0.05) is 0 Å². The van der Waals surface area contributed by atoms with Gasteiger partial charge < -0.3 is 65.7 Å². The molecule has 134 valence electrons. The summed E-state index contributed by atoms with van der Waals surface area (Å²) < 4.78 is 0. The van der Waals surface area contributed by atoms with Crippen molar-refractivity contribution in [2.75, 3.05) is 0 Å². The van der Waals surface area contributed by atoms with Crippen molar-refractivity contribution in [3.63, 3.8) is 0 Å². The Morgan fingerprint density at radius 1 is 0.176 bits per heavy atom. The molecule has 17 heavy (non-hydrogen) atoms. The number of hydrogen-bond donors (Lipinski definition) is 0. The monoisotopic (exact) mass is 1080 g/mol. The first kappa shape index (κ1) is 515. The SMILES string of the molecule is [O-2].[O-2].[O-2].[O-2].[O-2].[O-2].[O-2].[O-2].[O-2].[O-2].[O-2].[O-2].[Tm+3].[Tm+3].[W].[W].[W]. The average molecular weight is 1080 g/mol. The van der Waals surface area contributed by atoms with E-state index in [1.165, 1.54) is 0 Å². The van der Waals surface area contributed by atoms with Gasteiger partial charge in [0.1, 0.15) is 0 Å². The molecule has 0 rings (SSSR count). The molecule has 12 nitrogen and oxygen atoms in total. The van der Waals surface area contributed by atoms with Gasteiger partial charge in [0.2, 0.25) is 0 Å². The van der Waals surface area contributed by atoms with Gasteiger partial charge >= 0.3 is 73.7 Å². The second-order valence-corrected chi connectivity index (χ2v) is 0. The van der Waals surface area contributed by atoms with Crippen LogP contribution in [0.15, 0.2) is 0 Å². The van der Waals surface area contributed by atoms with E-state index in [0.29, 0.717) is 0 Å². The molecule has 0 N–H and O–H groups in total. The Hall–Kier alpha value is 4.05. The fourth-order valence-electron chi connectivity index (χ4n) is 0. The van der Waals surface area contributed by atoms with E-state index in [2.05, 4.69) is 0 Å². The van der Waals surface area contributed by atoms with Gasteiger partial charge in [0.25, 0.3) is 0 Å². The minimum Gasteiger partial charge on any atom is -2.00 e. The molecule has 0 atom stereocenters. The van der Waals surface area contributed by atoms with Crippen LogP contribution in [-0.4, -0.2) is 0 Å². The zero-order valence-corrected chi connectivity index (χ0v) is 19.0. The summed E-state index contributed by atoms with van der Waals surface area (Å²) in [5, 5.41) is 0. The van der Waals surface area contributed by atoms with Crippen molar-refractivity contribution >= 4 is 0 Å². The molecule has 0 radical (unpaired) electrons.